The first-order chi connectivity index (χ1) is 7.29. The van der Waals surface area contributed by atoms with Gasteiger partial charge in [0, 0.05) is 0 Å². The Morgan fingerprint density at radius 3 is 3.07 bits per heavy atom. The van der Waals surface area contributed by atoms with Crippen LogP contribution in [-0.4, -0.2) is 30.4 Å². The van der Waals surface area contributed by atoms with E-state index in [1.165, 1.54) is 13.5 Å². The third kappa shape index (κ3) is 2.58. The minimum absolute atomic E-state index is 0.393. The first-order valence-electron chi connectivity index (χ1n) is 5.06. The SMILES string of the molecule is COc1nnc(CC2CCNC2)cc1Cl. The van der Waals surface area contributed by atoms with Gasteiger partial charge in [0.1, 0.15) is 5.02 Å². The maximum absolute atomic E-state index is 5.97. The van der Waals surface area contributed by atoms with Gasteiger partial charge in [0.15, 0.2) is 0 Å². The van der Waals surface area contributed by atoms with Crippen molar-refractivity contribution in [3.05, 3.63) is 16.8 Å². The molecule has 1 unspecified atom stereocenters. The van der Waals surface area contributed by atoms with E-state index in [-0.39, 0.29) is 0 Å². The summed E-state index contributed by atoms with van der Waals surface area (Å²) in [5.74, 6) is 1.05. The highest BCUT2D eigenvalue weighted by Crippen LogP contribution is 2.22. The van der Waals surface area contributed by atoms with Crippen molar-refractivity contribution >= 4 is 11.6 Å². The summed E-state index contributed by atoms with van der Waals surface area (Å²) in [6.07, 6.45) is 2.13. The maximum atomic E-state index is 5.97. The molecule has 1 fully saturated rings. The average molecular weight is 228 g/mol. The van der Waals surface area contributed by atoms with Crippen LogP contribution >= 0.6 is 11.6 Å². The predicted octanol–water partition coefficient (Wildman–Crippen LogP) is 1.29. The molecule has 2 heterocycles. The van der Waals surface area contributed by atoms with Gasteiger partial charge in [-0.15, -0.1) is 5.10 Å². The van der Waals surface area contributed by atoms with Crippen LogP contribution in [0.15, 0.2) is 6.07 Å². The van der Waals surface area contributed by atoms with Crippen molar-refractivity contribution in [1.29, 1.82) is 0 Å². The van der Waals surface area contributed by atoms with E-state index < -0.39 is 0 Å². The number of hydrogen-bond acceptors (Lipinski definition) is 4. The Kier molecular flexibility index (Phi) is 3.38. The Balaban J connectivity index is 2.05. The fourth-order valence-electron chi connectivity index (χ4n) is 1.82. The quantitative estimate of drug-likeness (QED) is 0.846. The van der Waals surface area contributed by atoms with Gasteiger partial charge in [-0.2, -0.15) is 5.10 Å². The number of nitrogens with zero attached hydrogens (tertiary/aromatic N) is 2. The molecule has 82 valence electrons. The number of nitrogens with one attached hydrogen (secondary N) is 1. The van der Waals surface area contributed by atoms with E-state index >= 15 is 0 Å². The van der Waals surface area contributed by atoms with E-state index in [4.69, 9.17) is 16.3 Å². The van der Waals surface area contributed by atoms with Gasteiger partial charge in [0.2, 0.25) is 0 Å². The van der Waals surface area contributed by atoms with Crippen LogP contribution in [0.2, 0.25) is 5.02 Å². The second-order valence-electron chi connectivity index (χ2n) is 3.76. The van der Waals surface area contributed by atoms with E-state index in [9.17, 15) is 0 Å². The van der Waals surface area contributed by atoms with Gasteiger partial charge in [-0.1, -0.05) is 11.6 Å². The van der Waals surface area contributed by atoms with E-state index in [0.717, 1.165) is 25.2 Å². The summed E-state index contributed by atoms with van der Waals surface area (Å²) in [5.41, 5.74) is 0.939. The van der Waals surface area contributed by atoms with Crippen molar-refractivity contribution in [2.75, 3.05) is 20.2 Å². The smallest absolute Gasteiger partial charge is 0.252 e. The molecule has 0 radical (unpaired) electrons. The maximum Gasteiger partial charge on any atom is 0.252 e. The van der Waals surface area contributed by atoms with Crippen molar-refractivity contribution in [1.82, 2.24) is 15.5 Å². The fourth-order valence-corrected chi connectivity index (χ4v) is 2.06. The number of halogens is 1. The summed E-state index contributed by atoms with van der Waals surface area (Å²) < 4.78 is 4.95. The second-order valence-corrected chi connectivity index (χ2v) is 4.16. The molecular formula is C10H14ClN3O. The Morgan fingerprint density at radius 2 is 2.47 bits per heavy atom. The van der Waals surface area contributed by atoms with Gasteiger partial charge in [0.25, 0.3) is 5.88 Å². The normalized spacial score (nSPS) is 20.5. The number of rotatable bonds is 3. The molecule has 1 saturated heterocycles. The topological polar surface area (TPSA) is 47.0 Å². The highest BCUT2D eigenvalue weighted by Gasteiger charge is 2.16. The van der Waals surface area contributed by atoms with Gasteiger partial charge < -0.3 is 10.1 Å². The van der Waals surface area contributed by atoms with E-state index in [1.54, 1.807) is 0 Å². The molecule has 0 amide bonds. The standard InChI is InChI=1S/C10H14ClN3O/c1-15-10-9(11)5-8(13-14-10)4-7-2-3-12-6-7/h5,7,12H,2-4,6H2,1H3. The van der Waals surface area contributed by atoms with Crippen LogP contribution < -0.4 is 10.1 Å². The predicted molar refractivity (Wildman–Crippen MR) is 58.3 cm³/mol. The lowest BCUT2D eigenvalue weighted by Crippen LogP contribution is -2.11. The van der Waals surface area contributed by atoms with Crippen LogP contribution in [0.4, 0.5) is 0 Å². The first-order valence-corrected chi connectivity index (χ1v) is 5.44. The van der Waals surface area contributed by atoms with Gasteiger partial charge in [-0.25, -0.2) is 0 Å². The molecule has 1 aliphatic heterocycles. The lowest BCUT2D eigenvalue weighted by atomic mass is 10.0. The van der Waals surface area contributed by atoms with Crippen LogP contribution in [0.1, 0.15) is 12.1 Å². The highest BCUT2D eigenvalue weighted by molar-refractivity contribution is 6.31. The molecule has 1 aromatic rings. The van der Waals surface area contributed by atoms with Crippen molar-refractivity contribution in [2.45, 2.75) is 12.8 Å². The first kappa shape index (κ1) is 10.6. The Morgan fingerprint density at radius 1 is 1.60 bits per heavy atom. The van der Waals surface area contributed by atoms with Gasteiger partial charge >= 0.3 is 0 Å². The Bertz CT molecular complexity index is 339. The molecule has 0 spiro atoms. The zero-order valence-electron chi connectivity index (χ0n) is 8.66. The molecule has 0 bridgehead atoms. The van der Waals surface area contributed by atoms with Crippen molar-refractivity contribution in [2.24, 2.45) is 5.92 Å². The third-order valence-electron chi connectivity index (χ3n) is 2.62. The summed E-state index contributed by atoms with van der Waals surface area (Å²) in [6.45, 7) is 2.16. The summed E-state index contributed by atoms with van der Waals surface area (Å²) in [5, 5.41) is 11.9. The minimum atomic E-state index is 0.393. The number of methoxy groups -OCH3 is 1. The van der Waals surface area contributed by atoms with E-state index in [1.807, 2.05) is 6.07 Å². The lowest BCUT2D eigenvalue weighted by Gasteiger charge is -2.07. The van der Waals surface area contributed by atoms with Gasteiger partial charge in [-0.3, -0.25) is 0 Å². The average Bonchev–Trinajstić information content (AvgIpc) is 2.71. The van der Waals surface area contributed by atoms with Crippen LogP contribution in [-0.2, 0) is 6.42 Å². The Labute approximate surface area is 94.0 Å². The number of ether oxygens (including phenoxy) is 1. The van der Waals surface area contributed by atoms with Crippen molar-refractivity contribution in [3.63, 3.8) is 0 Å². The highest BCUT2D eigenvalue weighted by atomic mass is 35.5. The third-order valence-corrected chi connectivity index (χ3v) is 2.89. The number of hydrogen-bond donors (Lipinski definition) is 1. The molecule has 1 aromatic heterocycles. The monoisotopic (exact) mass is 227 g/mol. The summed E-state index contributed by atoms with van der Waals surface area (Å²) >= 11 is 5.97. The molecular weight excluding hydrogens is 214 g/mol. The Hall–Kier alpha value is -0.870. The van der Waals surface area contributed by atoms with Gasteiger partial charge in [-0.05, 0) is 37.9 Å². The fraction of sp³-hybridized carbons (Fsp3) is 0.600. The zero-order chi connectivity index (χ0) is 10.7. The largest absolute Gasteiger partial charge is 0.479 e. The van der Waals surface area contributed by atoms with E-state index in [0.29, 0.717) is 16.8 Å². The molecule has 1 N–H and O–H groups in total. The number of aromatic nitrogens is 2. The molecule has 1 aliphatic rings. The van der Waals surface area contributed by atoms with Crippen LogP contribution in [0, 0.1) is 5.92 Å². The van der Waals surface area contributed by atoms with Gasteiger partial charge in [0.05, 0.1) is 12.8 Å². The van der Waals surface area contributed by atoms with Crippen molar-refractivity contribution in [3.8, 4) is 5.88 Å². The molecule has 0 saturated carbocycles. The molecule has 4 nitrogen and oxygen atoms in total. The van der Waals surface area contributed by atoms with Crippen LogP contribution in [0.5, 0.6) is 5.88 Å². The molecule has 0 aromatic carbocycles. The molecule has 15 heavy (non-hydrogen) atoms. The molecule has 1 atom stereocenters. The minimum Gasteiger partial charge on any atom is -0.479 e. The summed E-state index contributed by atoms with van der Waals surface area (Å²) in [4.78, 5) is 0. The van der Waals surface area contributed by atoms with Crippen molar-refractivity contribution < 1.29 is 4.74 Å². The second kappa shape index (κ2) is 4.77. The summed E-state index contributed by atoms with van der Waals surface area (Å²) in [7, 11) is 1.54. The van der Waals surface area contributed by atoms with Crippen LogP contribution in [0.25, 0.3) is 0 Å². The molecule has 5 heteroatoms. The van der Waals surface area contributed by atoms with Crippen LogP contribution in [0.3, 0.4) is 0 Å². The van der Waals surface area contributed by atoms with E-state index in [2.05, 4.69) is 15.5 Å². The zero-order valence-corrected chi connectivity index (χ0v) is 9.42. The molecule has 0 aliphatic carbocycles. The molecule has 2 rings (SSSR count). The lowest BCUT2D eigenvalue weighted by molar-refractivity contribution is 0.390. The summed E-state index contributed by atoms with van der Waals surface area (Å²) in [6, 6.07) is 1.84.